The summed E-state index contributed by atoms with van der Waals surface area (Å²) >= 11 is 0. The molecule has 2 aromatic heterocycles. The van der Waals surface area contributed by atoms with Crippen LogP contribution in [0.4, 0.5) is 6.01 Å². The molecule has 1 aliphatic rings. The third-order valence-corrected chi connectivity index (χ3v) is 3.44. The fourth-order valence-corrected chi connectivity index (χ4v) is 2.01. The smallest absolute Gasteiger partial charge is 0.297 e. The van der Waals surface area contributed by atoms with Gasteiger partial charge in [0.15, 0.2) is 0 Å². The van der Waals surface area contributed by atoms with E-state index in [0.29, 0.717) is 12.1 Å². The summed E-state index contributed by atoms with van der Waals surface area (Å²) in [6.07, 6.45) is 7.02. The van der Waals surface area contributed by atoms with Crippen LogP contribution in [0.25, 0.3) is 0 Å². The first-order chi connectivity index (χ1) is 9.81. The van der Waals surface area contributed by atoms with Gasteiger partial charge in [0.05, 0.1) is 5.69 Å². The average molecular weight is 272 g/mol. The molecule has 1 saturated carbocycles. The molecule has 0 bridgehead atoms. The second kappa shape index (κ2) is 6.05. The number of oxazole rings is 1. The Hall–Kier alpha value is -1.88. The maximum Gasteiger partial charge on any atom is 0.297 e. The van der Waals surface area contributed by atoms with Crippen LogP contribution in [-0.2, 0) is 13.0 Å². The lowest BCUT2D eigenvalue weighted by Crippen LogP contribution is -2.21. The summed E-state index contributed by atoms with van der Waals surface area (Å²) in [5, 5.41) is 3.43. The summed E-state index contributed by atoms with van der Waals surface area (Å²) in [7, 11) is 1.99. The van der Waals surface area contributed by atoms with Crippen LogP contribution >= 0.6 is 0 Å². The van der Waals surface area contributed by atoms with E-state index >= 15 is 0 Å². The second-order valence-electron chi connectivity index (χ2n) is 5.27. The van der Waals surface area contributed by atoms with Crippen molar-refractivity contribution in [1.29, 1.82) is 0 Å². The number of rotatable bonds is 7. The van der Waals surface area contributed by atoms with Crippen LogP contribution in [-0.4, -0.2) is 29.6 Å². The zero-order valence-electron chi connectivity index (χ0n) is 11.7. The number of aromatic nitrogens is 2. The SMILES string of the molecule is CN(CCc1ccccn1)c1nc(CNC2CC2)co1. The molecule has 5 nitrogen and oxygen atoms in total. The molecule has 2 heterocycles. The zero-order valence-corrected chi connectivity index (χ0v) is 11.7. The van der Waals surface area contributed by atoms with E-state index in [9.17, 15) is 0 Å². The highest BCUT2D eigenvalue weighted by molar-refractivity contribution is 5.25. The van der Waals surface area contributed by atoms with Crippen molar-refractivity contribution >= 4 is 6.01 Å². The fraction of sp³-hybridized carbons (Fsp3) is 0.467. The molecule has 0 radical (unpaired) electrons. The highest BCUT2D eigenvalue weighted by Gasteiger charge is 2.20. The van der Waals surface area contributed by atoms with Gasteiger partial charge in [-0.15, -0.1) is 0 Å². The predicted molar refractivity (Wildman–Crippen MR) is 77.6 cm³/mol. The first-order valence-corrected chi connectivity index (χ1v) is 7.10. The molecule has 1 fully saturated rings. The highest BCUT2D eigenvalue weighted by atomic mass is 16.4. The van der Waals surface area contributed by atoms with Gasteiger partial charge in [-0.3, -0.25) is 4.98 Å². The summed E-state index contributed by atoms with van der Waals surface area (Å²) < 4.78 is 5.52. The number of hydrogen-bond acceptors (Lipinski definition) is 5. The molecule has 1 N–H and O–H groups in total. The number of likely N-dealkylation sites (N-methyl/N-ethyl adjacent to an activating group) is 1. The van der Waals surface area contributed by atoms with Gasteiger partial charge in [0.2, 0.25) is 0 Å². The Kier molecular flexibility index (Phi) is 3.97. The van der Waals surface area contributed by atoms with Crippen molar-refractivity contribution < 1.29 is 4.42 Å². The summed E-state index contributed by atoms with van der Waals surface area (Å²) in [5.41, 5.74) is 2.05. The van der Waals surface area contributed by atoms with E-state index in [1.807, 2.05) is 36.3 Å². The standard InChI is InChI=1S/C15H20N4O/c1-19(9-7-12-4-2-3-8-16-12)15-18-14(11-20-15)10-17-13-5-6-13/h2-4,8,11,13,17H,5-7,9-10H2,1H3. The van der Waals surface area contributed by atoms with Crippen LogP contribution in [0.15, 0.2) is 35.1 Å². The third kappa shape index (κ3) is 3.57. The third-order valence-electron chi connectivity index (χ3n) is 3.44. The lowest BCUT2D eigenvalue weighted by atomic mass is 10.2. The van der Waals surface area contributed by atoms with Crippen molar-refractivity contribution in [3.05, 3.63) is 42.0 Å². The molecule has 0 atom stereocenters. The van der Waals surface area contributed by atoms with Crippen molar-refractivity contribution in [2.45, 2.75) is 31.8 Å². The van der Waals surface area contributed by atoms with Crippen molar-refractivity contribution in [2.24, 2.45) is 0 Å². The molecule has 0 amide bonds. The van der Waals surface area contributed by atoms with Gasteiger partial charge < -0.3 is 14.6 Å². The van der Waals surface area contributed by atoms with Crippen molar-refractivity contribution in [3.63, 3.8) is 0 Å². The molecule has 0 spiro atoms. The molecule has 1 aliphatic carbocycles. The molecule has 0 aromatic carbocycles. The highest BCUT2D eigenvalue weighted by Crippen LogP contribution is 2.20. The van der Waals surface area contributed by atoms with Gasteiger partial charge in [0.25, 0.3) is 6.01 Å². The van der Waals surface area contributed by atoms with Crippen LogP contribution in [0.5, 0.6) is 0 Å². The lowest BCUT2D eigenvalue weighted by Gasteiger charge is -2.13. The van der Waals surface area contributed by atoms with Crippen LogP contribution in [0.1, 0.15) is 24.2 Å². The maximum atomic E-state index is 5.52. The van der Waals surface area contributed by atoms with E-state index in [2.05, 4.69) is 15.3 Å². The van der Waals surface area contributed by atoms with Crippen LogP contribution < -0.4 is 10.2 Å². The largest absolute Gasteiger partial charge is 0.432 e. The van der Waals surface area contributed by atoms with Gasteiger partial charge in [-0.2, -0.15) is 4.98 Å². The van der Waals surface area contributed by atoms with Crippen LogP contribution in [0.2, 0.25) is 0 Å². The molecule has 5 heteroatoms. The number of hydrogen-bond donors (Lipinski definition) is 1. The summed E-state index contributed by atoms with van der Waals surface area (Å²) in [4.78, 5) is 10.8. The van der Waals surface area contributed by atoms with Gasteiger partial charge in [-0.25, -0.2) is 0 Å². The van der Waals surface area contributed by atoms with E-state index in [1.54, 1.807) is 6.26 Å². The maximum absolute atomic E-state index is 5.52. The monoisotopic (exact) mass is 272 g/mol. The Morgan fingerprint density at radius 2 is 2.25 bits per heavy atom. The summed E-state index contributed by atoms with van der Waals surface area (Å²) in [5.74, 6) is 0. The minimum Gasteiger partial charge on any atom is -0.432 e. The number of pyridine rings is 1. The van der Waals surface area contributed by atoms with Crippen LogP contribution in [0, 0.1) is 0 Å². The van der Waals surface area contributed by atoms with E-state index < -0.39 is 0 Å². The quantitative estimate of drug-likeness (QED) is 0.835. The molecule has 0 saturated heterocycles. The van der Waals surface area contributed by atoms with E-state index in [4.69, 9.17) is 4.42 Å². The Morgan fingerprint density at radius 1 is 1.35 bits per heavy atom. The Morgan fingerprint density at radius 3 is 3.00 bits per heavy atom. The normalized spacial score (nSPS) is 14.4. The van der Waals surface area contributed by atoms with Crippen LogP contribution in [0.3, 0.4) is 0 Å². The minimum absolute atomic E-state index is 0.675. The zero-order chi connectivity index (χ0) is 13.8. The van der Waals surface area contributed by atoms with E-state index in [1.165, 1.54) is 12.8 Å². The second-order valence-corrected chi connectivity index (χ2v) is 5.27. The van der Waals surface area contributed by atoms with Gasteiger partial charge in [-0.1, -0.05) is 6.07 Å². The van der Waals surface area contributed by atoms with E-state index in [0.717, 1.165) is 30.9 Å². The Bertz CT molecular complexity index is 536. The van der Waals surface area contributed by atoms with Crippen molar-refractivity contribution in [2.75, 3.05) is 18.5 Å². The minimum atomic E-state index is 0.675. The molecule has 3 rings (SSSR count). The number of anilines is 1. The average Bonchev–Trinajstić information content (AvgIpc) is 3.20. The molecular weight excluding hydrogens is 252 g/mol. The Labute approximate surface area is 119 Å². The summed E-state index contributed by atoms with van der Waals surface area (Å²) in [6.45, 7) is 1.63. The van der Waals surface area contributed by atoms with Gasteiger partial charge in [0.1, 0.15) is 6.26 Å². The first-order valence-electron chi connectivity index (χ1n) is 7.10. The van der Waals surface area contributed by atoms with E-state index in [-0.39, 0.29) is 0 Å². The summed E-state index contributed by atoms with van der Waals surface area (Å²) in [6, 6.07) is 7.34. The Balaban J connectivity index is 1.49. The van der Waals surface area contributed by atoms with Gasteiger partial charge in [-0.05, 0) is 25.0 Å². The number of nitrogens with one attached hydrogen (secondary N) is 1. The van der Waals surface area contributed by atoms with Crippen molar-refractivity contribution in [1.82, 2.24) is 15.3 Å². The molecule has 106 valence electrons. The number of nitrogens with zero attached hydrogens (tertiary/aromatic N) is 3. The topological polar surface area (TPSA) is 54.2 Å². The fourth-order valence-electron chi connectivity index (χ4n) is 2.01. The van der Waals surface area contributed by atoms with Gasteiger partial charge in [0, 0.05) is 44.5 Å². The lowest BCUT2D eigenvalue weighted by molar-refractivity contribution is 0.543. The predicted octanol–water partition coefficient (Wildman–Crippen LogP) is 2.00. The van der Waals surface area contributed by atoms with Gasteiger partial charge >= 0.3 is 0 Å². The molecular formula is C15H20N4O. The molecule has 20 heavy (non-hydrogen) atoms. The molecule has 0 aliphatic heterocycles. The molecule has 2 aromatic rings. The van der Waals surface area contributed by atoms with Crippen molar-refractivity contribution in [3.8, 4) is 0 Å². The molecule has 0 unspecified atom stereocenters. The first kappa shape index (κ1) is 13.1.